The topological polar surface area (TPSA) is 118 Å². The van der Waals surface area contributed by atoms with Gasteiger partial charge in [0, 0.05) is 31.4 Å². The van der Waals surface area contributed by atoms with E-state index in [1.54, 1.807) is 53.9 Å². The number of ether oxygens (including phenoxy) is 4. The molecule has 5 aromatic rings. The lowest BCUT2D eigenvalue weighted by Gasteiger charge is -2.26. The summed E-state index contributed by atoms with van der Waals surface area (Å²) >= 11 is 6.89. The van der Waals surface area contributed by atoms with E-state index in [9.17, 15) is 9.59 Å². The molecule has 3 heterocycles. The largest absolute Gasteiger partial charge is 0.497 e. The maximum Gasteiger partial charge on any atom is 0.346 e. The number of carbonyl (C=O) groups excluding carboxylic acids is 1. The third kappa shape index (κ3) is 7.64. The average molecular weight is 688 g/mol. The number of benzene rings is 3. The number of hydrogen-bond donors (Lipinski definition) is 0. The Balaban J connectivity index is 1.44. The first kappa shape index (κ1) is 33.8. The minimum Gasteiger partial charge on any atom is -0.497 e. The van der Waals surface area contributed by atoms with Crippen LogP contribution in [-0.4, -0.2) is 89.1 Å². The Morgan fingerprint density at radius 2 is 1.47 bits per heavy atom. The summed E-state index contributed by atoms with van der Waals surface area (Å²) in [5, 5.41) is 9.70. The van der Waals surface area contributed by atoms with Crippen LogP contribution in [0, 0.1) is 0 Å². The molecule has 0 N–H and O–H groups in total. The van der Waals surface area contributed by atoms with Crippen LogP contribution in [0.3, 0.4) is 0 Å². The number of para-hydroxylation sites is 1. The highest BCUT2D eigenvalue weighted by Crippen LogP contribution is 2.33. The fourth-order valence-corrected chi connectivity index (χ4v) is 5.84. The molecule has 1 aliphatic rings. The molecule has 13 nitrogen and oxygen atoms in total. The second kappa shape index (κ2) is 15.4. The summed E-state index contributed by atoms with van der Waals surface area (Å²) in [4.78, 5) is 30.2. The number of anilines is 1. The molecule has 0 bridgehead atoms. The van der Waals surface area contributed by atoms with Gasteiger partial charge in [-0.25, -0.2) is 13.9 Å². The van der Waals surface area contributed by atoms with Crippen molar-refractivity contribution in [3.63, 3.8) is 0 Å². The van der Waals surface area contributed by atoms with Gasteiger partial charge < -0.3 is 18.9 Å². The van der Waals surface area contributed by atoms with Crippen LogP contribution in [0.1, 0.15) is 21.5 Å². The van der Waals surface area contributed by atoms with Gasteiger partial charge in [0.05, 0.1) is 65.9 Å². The number of aromatic nitrogens is 5. The molecule has 0 spiro atoms. The van der Waals surface area contributed by atoms with E-state index in [4.69, 9.17) is 40.9 Å². The Morgan fingerprint density at radius 3 is 2.10 bits per heavy atom. The maximum absolute atomic E-state index is 14.1. The van der Waals surface area contributed by atoms with Crippen LogP contribution in [0.5, 0.6) is 17.2 Å². The Bertz CT molecular complexity index is 1930. The van der Waals surface area contributed by atoms with Crippen LogP contribution in [-0.2, 0) is 24.4 Å². The van der Waals surface area contributed by atoms with Gasteiger partial charge in [0.15, 0.2) is 11.5 Å². The lowest BCUT2D eigenvalue weighted by Crippen LogP contribution is -2.39. The number of hydrogen-bond acceptors (Lipinski definition) is 9. The summed E-state index contributed by atoms with van der Waals surface area (Å²) in [5.74, 6) is 1.54. The first-order chi connectivity index (χ1) is 23.9. The smallest absolute Gasteiger partial charge is 0.346 e. The number of amides is 1. The van der Waals surface area contributed by atoms with E-state index in [1.165, 1.54) is 11.8 Å². The molecule has 49 heavy (non-hydrogen) atoms. The predicted octanol–water partition coefficient (Wildman–Crippen LogP) is 4.16. The van der Waals surface area contributed by atoms with E-state index in [0.29, 0.717) is 44.3 Å². The van der Waals surface area contributed by atoms with Gasteiger partial charge in [-0.15, -0.1) is 5.10 Å². The Morgan fingerprint density at radius 1 is 0.837 bits per heavy atom. The molecule has 3 aromatic carbocycles. The van der Waals surface area contributed by atoms with Crippen molar-refractivity contribution in [1.82, 2.24) is 29.0 Å². The van der Waals surface area contributed by atoms with Gasteiger partial charge in [-0.2, -0.15) is 5.10 Å². The predicted molar refractivity (Wildman–Crippen MR) is 185 cm³/mol. The molecule has 1 saturated heterocycles. The van der Waals surface area contributed by atoms with Crippen molar-refractivity contribution in [2.24, 2.45) is 0 Å². The molecule has 0 saturated carbocycles. The minimum atomic E-state index is -0.528. The zero-order valence-corrected chi connectivity index (χ0v) is 28.4. The SMILES string of the molecule is COc1ccc(Cn2cc(N(Cl)C(=O)c3ccccc3OC)c(-c3nn(CCN4CCOCC4)c(=O)n3Cc3ccc(OC)cc3)n2)cc1. The van der Waals surface area contributed by atoms with Gasteiger partial charge in [0.25, 0.3) is 5.91 Å². The normalized spacial score (nSPS) is 13.3. The van der Waals surface area contributed by atoms with E-state index >= 15 is 0 Å². The van der Waals surface area contributed by atoms with Crippen molar-refractivity contribution in [2.75, 3.05) is 58.6 Å². The summed E-state index contributed by atoms with van der Waals surface area (Å²) < 4.78 is 27.3. The third-order valence-electron chi connectivity index (χ3n) is 8.34. The Kier molecular flexibility index (Phi) is 10.6. The minimum absolute atomic E-state index is 0.198. The molecule has 0 atom stereocenters. The summed E-state index contributed by atoms with van der Waals surface area (Å²) in [5.41, 5.74) is 2.26. The lowest BCUT2D eigenvalue weighted by molar-refractivity contribution is 0.0358. The van der Waals surface area contributed by atoms with Crippen molar-refractivity contribution in [3.05, 3.63) is 106 Å². The van der Waals surface area contributed by atoms with Gasteiger partial charge in [0.2, 0.25) is 0 Å². The van der Waals surface area contributed by atoms with Crippen LogP contribution in [0.25, 0.3) is 11.5 Å². The molecule has 1 amide bonds. The highest BCUT2D eigenvalue weighted by molar-refractivity contribution is 6.40. The van der Waals surface area contributed by atoms with Crippen LogP contribution in [0.4, 0.5) is 5.69 Å². The van der Waals surface area contributed by atoms with Crippen LogP contribution >= 0.6 is 11.8 Å². The van der Waals surface area contributed by atoms with Crippen molar-refractivity contribution in [2.45, 2.75) is 19.6 Å². The standard InChI is InChI=1S/C35H38ClN7O6/c1-46-27-12-8-25(9-13-27)22-40-24-30(43(36)34(44)29-6-4-5-7-31(29)48-3)32(37-40)33-38-42(17-16-39-18-20-49-21-19-39)35(45)41(33)23-26-10-14-28(47-2)15-11-26/h4-15,24H,16-23H2,1-3H3. The third-order valence-corrected chi connectivity index (χ3v) is 8.67. The average Bonchev–Trinajstić information content (AvgIpc) is 3.70. The van der Waals surface area contributed by atoms with Crippen LogP contribution in [0.15, 0.2) is 83.8 Å². The monoisotopic (exact) mass is 687 g/mol. The van der Waals surface area contributed by atoms with E-state index in [2.05, 4.69) is 4.90 Å². The Hall–Kier alpha value is -5.11. The molecule has 0 radical (unpaired) electrons. The number of nitrogens with zero attached hydrogens (tertiary/aromatic N) is 7. The van der Waals surface area contributed by atoms with E-state index in [1.807, 2.05) is 48.5 Å². The quantitative estimate of drug-likeness (QED) is 0.168. The maximum atomic E-state index is 14.1. The lowest BCUT2D eigenvalue weighted by atomic mass is 10.2. The van der Waals surface area contributed by atoms with Gasteiger partial charge in [-0.1, -0.05) is 36.4 Å². The van der Waals surface area contributed by atoms with Gasteiger partial charge >= 0.3 is 5.69 Å². The molecular weight excluding hydrogens is 650 g/mol. The van der Waals surface area contributed by atoms with Crippen molar-refractivity contribution < 1.29 is 23.7 Å². The van der Waals surface area contributed by atoms with Crippen molar-refractivity contribution in [1.29, 1.82) is 0 Å². The fourth-order valence-electron chi connectivity index (χ4n) is 5.63. The number of halogens is 1. The van der Waals surface area contributed by atoms with E-state index < -0.39 is 5.91 Å². The van der Waals surface area contributed by atoms with E-state index in [0.717, 1.165) is 34.4 Å². The number of morpholine rings is 1. The molecule has 14 heteroatoms. The zero-order chi connectivity index (χ0) is 34.3. The van der Waals surface area contributed by atoms with E-state index in [-0.39, 0.29) is 35.0 Å². The molecule has 0 aliphatic carbocycles. The molecular formula is C35H38ClN7O6. The molecule has 0 unspecified atom stereocenters. The molecule has 1 aliphatic heterocycles. The van der Waals surface area contributed by atoms with Crippen LogP contribution < -0.4 is 24.3 Å². The summed E-state index contributed by atoms with van der Waals surface area (Å²) in [6, 6.07) is 21.9. The fraction of sp³-hybridized carbons (Fsp3) is 0.314. The first-order valence-electron chi connectivity index (χ1n) is 15.8. The van der Waals surface area contributed by atoms with Gasteiger partial charge in [-0.05, 0) is 47.5 Å². The molecule has 1 fully saturated rings. The van der Waals surface area contributed by atoms with Gasteiger partial charge in [-0.3, -0.25) is 18.9 Å². The Labute approximate surface area is 288 Å². The first-order valence-corrected chi connectivity index (χ1v) is 16.2. The highest BCUT2D eigenvalue weighted by Gasteiger charge is 2.29. The molecule has 256 valence electrons. The summed E-state index contributed by atoms with van der Waals surface area (Å²) in [6.07, 6.45) is 1.68. The molecule has 2 aromatic heterocycles. The second-order valence-corrected chi connectivity index (χ2v) is 11.8. The van der Waals surface area contributed by atoms with Gasteiger partial charge in [0.1, 0.15) is 22.9 Å². The van der Waals surface area contributed by atoms with Crippen molar-refractivity contribution >= 4 is 23.4 Å². The number of carbonyl (C=O) groups is 1. The van der Waals surface area contributed by atoms with Crippen LogP contribution in [0.2, 0.25) is 0 Å². The second-order valence-electron chi connectivity index (χ2n) is 11.4. The zero-order valence-electron chi connectivity index (χ0n) is 27.6. The molecule has 6 rings (SSSR count). The number of methoxy groups -OCH3 is 3. The number of rotatable bonds is 13. The summed E-state index contributed by atoms with van der Waals surface area (Å²) in [7, 11) is 4.70. The van der Waals surface area contributed by atoms with Crippen molar-refractivity contribution in [3.8, 4) is 28.8 Å². The highest BCUT2D eigenvalue weighted by atomic mass is 35.5. The summed E-state index contributed by atoms with van der Waals surface area (Å²) in [6.45, 7) is 4.37.